The molecule has 0 spiro atoms. The van der Waals surface area contributed by atoms with Gasteiger partial charge in [0.1, 0.15) is 0 Å². The molecule has 3 rings (SSSR count). The SMILES string of the molecule is Cc1ccc(SCc2ccc3nc(N)sc3c2)cc1. The standard InChI is InChI=1S/C15H14N2S2/c1-10-2-5-12(6-3-10)18-9-11-4-7-13-14(8-11)19-15(16)17-13/h2-8H,9H2,1H3,(H2,16,17). The van der Waals surface area contributed by atoms with Crippen LogP contribution in [0.15, 0.2) is 47.4 Å². The maximum atomic E-state index is 5.72. The Bertz CT molecular complexity index is 702. The quantitative estimate of drug-likeness (QED) is 0.721. The normalized spacial score (nSPS) is 11.0. The number of thioether (sulfide) groups is 1. The van der Waals surface area contributed by atoms with E-state index >= 15 is 0 Å². The summed E-state index contributed by atoms with van der Waals surface area (Å²) >= 11 is 3.40. The van der Waals surface area contributed by atoms with Gasteiger partial charge in [0.05, 0.1) is 10.2 Å². The van der Waals surface area contributed by atoms with E-state index in [1.165, 1.54) is 20.7 Å². The largest absolute Gasteiger partial charge is 0.375 e. The second kappa shape index (κ2) is 5.23. The summed E-state index contributed by atoms with van der Waals surface area (Å²) in [6.45, 7) is 2.11. The van der Waals surface area contributed by atoms with Crippen LogP contribution in [0.5, 0.6) is 0 Å². The summed E-state index contributed by atoms with van der Waals surface area (Å²) < 4.78 is 1.17. The number of nitrogens with two attached hydrogens (primary N) is 1. The highest BCUT2D eigenvalue weighted by atomic mass is 32.2. The van der Waals surface area contributed by atoms with Gasteiger partial charge < -0.3 is 5.73 Å². The van der Waals surface area contributed by atoms with Crippen molar-refractivity contribution < 1.29 is 0 Å². The van der Waals surface area contributed by atoms with Gasteiger partial charge in [0.15, 0.2) is 5.13 Å². The van der Waals surface area contributed by atoms with Crippen LogP contribution in [0.1, 0.15) is 11.1 Å². The first-order valence-electron chi connectivity index (χ1n) is 6.05. The van der Waals surface area contributed by atoms with Crippen LogP contribution in [-0.4, -0.2) is 4.98 Å². The van der Waals surface area contributed by atoms with Crippen LogP contribution >= 0.6 is 23.1 Å². The van der Waals surface area contributed by atoms with Crippen LogP contribution in [0.2, 0.25) is 0 Å². The fourth-order valence-electron chi connectivity index (χ4n) is 1.88. The molecule has 4 heteroatoms. The van der Waals surface area contributed by atoms with E-state index in [1.807, 2.05) is 17.8 Å². The van der Waals surface area contributed by atoms with Gasteiger partial charge in [-0.2, -0.15) is 0 Å². The Labute approximate surface area is 120 Å². The number of hydrogen-bond donors (Lipinski definition) is 1. The Morgan fingerprint density at radius 3 is 2.74 bits per heavy atom. The Morgan fingerprint density at radius 1 is 1.16 bits per heavy atom. The lowest BCUT2D eigenvalue weighted by atomic mass is 10.2. The molecule has 0 radical (unpaired) electrons. The number of anilines is 1. The molecule has 0 aliphatic rings. The van der Waals surface area contributed by atoms with E-state index in [1.54, 1.807) is 11.3 Å². The third-order valence-electron chi connectivity index (χ3n) is 2.90. The minimum atomic E-state index is 0.637. The molecule has 0 saturated heterocycles. The van der Waals surface area contributed by atoms with Crippen LogP contribution in [0.25, 0.3) is 10.2 Å². The molecule has 3 aromatic rings. The molecule has 0 bridgehead atoms. The lowest BCUT2D eigenvalue weighted by Gasteiger charge is -2.02. The molecule has 2 aromatic carbocycles. The van der Waals surface area contributed by atoms with Crippen molar-refractivity contribution in [3.05, 3.63) is 53.6 Å². The molecular weight excluding hydrogens is 272 g/mol. The topological polar surface area (TPSA) is 38.9 Å². The molecule has 0 unspecified atom stereocenters. The van der Waals surface area contributed by atoms with Crippen LogP contribution in [0.4, 0.5) is 5.13 Å². The molecule has 0 aliphatic heterocycles. The highest BCUT2D eigenvalue weighted by molar-refractivity contribution is 7.98. The van der Waals surface area contributed by atoms with Crippen molar-refractivity contribution in [3.63, 3.8) is 0 Å². The maximum Gasteiger partial charge on any atom is 0.181 e. The Hall–Kier alpha value is -1.52. The number of benzene rings is 2. The third-order valence-corrected chi connectivity index (χ3v) is 4.83. The highest BCUT2D eigenvalue weighted by Gasteiger charge is 2.03. The number of aromatic nitrogens is 1. The summed E-state index contributed by atoms with van der Waals surface area (Å²) in [4.78, 5) is 5.57. The minimum Gasteiger partial charge on any atom is -0.375 e. The number of nitrogen functional groups attached to an aromatic ring is 1. The van der Waals surface area contributed by atoms with Crippen molar-refractivity contribution in [2.75, 3.05) is 5.73 Å². The zero-order valence-corrected chi connectivity index (χ0v) is 12.2. The summed E-state index contributed by atoms with van der Waals surface area (Å²) in [5.74, 6) is 0.969. The smallest absolute Gasteiger partial charge is 0.181 e. The van der Waals surface area contributed by atoms with Gasteiger partial charge in [0.25, 0.3) is 0 Å². The van der Waals surface area contributed by atoms with E-state index in [2.05, 4.69) is 48.3 Å². The Kier molecular flexibility index (Phi) is 3.44. The fourth-order valence-corrected chi connectivity index (χ4v) is 3.52. The van der Waals surface area contributed by atoms with Crippen molar-refractivity contribution in [1.29, 1.82) is 0 Å². The maximum absolute atomic E-state index is 5.72. The number of aryl methyl sites for hydroxylation is 1. The number of rotatable bonds is 3. The van der Waals surface area contributed by atoms with Crippen molar-refractivity contribution in [2.24, 2.45) is 0 Å². The molecule has 2 nitrogen and oxygen atoms in total. The van der Waals surface area contributed by atoms with Crippen LogP contribution < -0.4 is 5.73 Å². The van der Waals surface area contributed by atoms with Gasteiger partial charge in [-0.1, -0.05) is 35.1 Å². The van der Waals surface area contributed by atoms with Crippen molar-refractivity contribution in [1.82, 2.24) is 4.98 Å². The van der Waals surface area contributed by atoms with E-state index in [0.29, 0.717) is 5.13 Å². The van der Waals surface area contributed by atoms with Crippen LogP contribution in [0, 0.1) is 6.92 Å². The number of thiazole rings is 1. The van der Waals surface area contributed by atoms with Crippen molar-refractivity contribution in [2.45, 2.75) is 17.6 Å². The summed E-state index contributed by atoms with van der Waals surface area (Å²) in [5.41, 5.74) is 9.32. The summed E-state index contributed by atoms with van der Waals surface area (Å²) in [7, 11) is 0. The number of fused-ring (bicyclic) bond motifs is 1. The second-order valence-electron chi connectivity index (χ2n) is 4.46. The fraction of sp³-hybridized carbons (Fsp3) is 0.133. The van der Waals surface area contributed by atoms with Gasteiger partial charge in [-0.05, 0) is 36.8 Å². The average molecular weight is 286 g/mol. The molecular formula is C15H14N2S2. The Balaban J connectivity index is 1.75. The van der Waals surface area contributed by atoms with E-state index in [0.717, 1.165) is 11.3 Å². The van der Waals surface area contributed by atoms with Gasteiger partial charge >= 0.3 is 0 Å². The summed E-state index contributed by atoms with van der Waals surface area (Å²) in [6.07, 6.45) is 0. The van der Waals surface area contributed by atoms with Crippen LogP contribution in [0.3, 0.4) is 0 Å². The van der Waals surface area contributed by atoms with E-state index in [9.17, 15) is 0 Å². The molecule has 96 valence electrons. The first-order chi connectivity index (χ1) is 9.20. The molecule has 1 heterocycles. The lowest BCUT2D eigenvalue weighted by Crippen LogP contribution is -1.81. The average Bonchev–Trinajstić information content (AvgIpc) is 2.77. The molecule has 0 aliphatic carbocycles. The van der Waals surface area contributed by atoms with Gasteiger partial charge in [0.2, 0.25) is 0 Å². The molecule has 0 amide bonds. The number of nitrogens with zero attached hydrogens (tertiary/aromatic N) is 1. The first kappa shape index (κ1) is 12.5. The minimum absolute atomic E-state index is 0.637. The Morgan fingerprint density at radius 2 is 1.95 bits per heavy atom. The van der Waals surface area contributed by atoms with E-state index in [-0.39, 0.29) is 0 Å². The summed E-state index contributed by atoms with van der Waals surface area (Å²) in [6, 6.07) is 15.0. The zero-order valence-electron chi connectivity index (χ0n) is 10.6. The van der Waals surface area contributed by atoms with E-state index in [4.69, 9.17) is 5.73 Å². The third kappa shape index (κ3) is 2.91. The molecule has 2 N–H and O–H groups in total. The molecule has 0 atom stereocenters. The molecule has 1 aromatic heterocycles. The van der Waals surface area contributed by atoms with Crippen molar-refractivity contribution >= 4 is 38.4 Å². The van der Waals surface area contributed by atoms with Gasteiger partial charge in [0, 0.05) is 10.6 Å². The molecule has 19 heavy (non-hydrogen) atoms. The number of hydrogen-bond acceptors (Lipinski definition) is 4. The molecule has 0 saturated carbocycles. The van der Waals surface area contributed by atoms with Gasteiger partial charge in [-0.25, -0.2) is 4.98 Å². The summed E-state index contributed by atoms with van der Waals surface area (Å²) in [5, 5.41) is 0.637. The van der Waals surface area contributed by atoms with Crippen molar-refractivity contribution in [3.8, 4) is 0 Å². The van der Waals surface area contributed by atoms with Crippen LogP contribution in [-0.2, 0) is 5.75 Å². The molecule has 0 fully saturated rings. The predicted molar refractivity (Wildman–Crippen MR) is 84.8 cm³/mol. The highest BCUT2D eigenvalue weighted by Crippen LogP contribution is 2.28. The monoisotopic (exact) mass is 286 g/mol. The van der Waals surface area contributed by atoms with Gasteiger partial charge in [-0.3, -0.25) is 0 Å². The van der Waals surface area contributed by atoms with E-state index < -0.39 is 0 Å². The first-order valence-corrected chi connectivity index (χ1v) is 7.85. The lowest BCUT2D eigenvalue weighted by molar-refractivity contribution is 1.35. The second-order valence-corrected chi connectivity index (χ2v) is 6.57. The zero-order chi connectivity index (χ0) is 13.2. The van der Waals surface area contributed by atoms with Gasteiger partial charge in [-0.15, -0.1) is 11.8 Å². The predicted octanol–water partition coefficient (Wildman–Crippen LogP) is 4.48.